The third kappa shape index (κ3) is 3.17. The van der Waals surface area contributed by atoms with Crippen molar-refractivity contribution in [3.05, 3.63) is 63.6 Å². The van der Waals surface area contributed by atoms with E-state index in [1.54, 1.807) is 24.3 Å². The first-order valence-electron chi connectivity index (χ1n) is 5.50. The summed E-state index contributed by atoms with van der Waals surface area (Å²) in [5, 5.41) is 2.23. The average molecular weight is 326 g/mol. The third-order valence-corrected chi connectivity index (χ3v) is 3.02. The maximum absolute atomic E-state index is 13.6. The molecule has 0 radical (unpaired) electrons. The molecule has 0 saturated heterocycles. The van der Waals surface area contributed by atoms with Crippen molar-refractivity contribution >= 4 is 27.5 Å². The van der Waals surface area contributed by atoms with Crippen molar-refractivity contribution in [3.63, 3.8) is 0 Å². The summed E-state index contributed by atoms with van der Waals surface area (Å²) >= 11 is 2.97. The molecule has 2 aromatic rings. The van der Waals surface area contributed by atoms with Crippen molar-refractivity contribution in [1.82, 2.24) is 0 Å². The zero-order chi connectivity index (χ0) is 14.0. The van der Waals surface area contributed by atoms with Gasteiger partial charge in [-0.15, -0.1) is 0 Å². The summed E-state index contributed by atoms with van der Waals surface area (Å²) in [6, 6.07) is 8.88. The Balaban J connectivity index is 2.26. The predicted octanol–water partition coefficient (Wildman–Crippen LogP) is 4.29. The number of hydrogen-bond acceptors (Lipinski definition) is 1. The highest BCUT2D eigenvalue weighted by molar-refractivity contribution is 9.10. The normalized spacial score (nSPS) is 10.3. The van der Waals surface area contributed by atoms with Gasteiger partial charge in [0.2, 0.25) is 0 Å². The van der Waals surface area contributed by atoms with Crippen LogP contribution in [0.2, 0.25) is 0 Å². The number of carbonyl (C=O) groups excluding carboxylic acids is 1. The summed E-state index contributed by atoms with van der Waals surface area (Å²) in [6.07, 6.45) is 0. The van der Waals surface area contributed by atoms with Crippen LogP contribution in [0, 0.1) is 18.6 Å². The predicted molar refractivity (Wildman–Crippen MR) is 73.2 cm³/mol. The van der Waals surface area contributed by atoms with Gasteiger partial charge in [-0.1, -0.05) is 33.6 Å². The van der Waals surface area contributed by atoms with E-state index < -0.39 is 23.2 Å². The minimum absolute atomic E-state index is 0.274. The molecule has 0 aromatic heterocycles. The molecule has 0 aliphatic rings. The molecule has 0 heterocycles. The van der Waals surface area contributed by atoms with E-state index in [0.29, 0.717) is 5.56 Å². The third-order valence-electron chi connectivity index (χ3n) is 2.56. The first kappa shape index (κ1) is 13.7. The number of hydrogen-bond donors (Lipinski definition) is 1. The molecule has 98 valence electrons. The molecule has 0 aliphatic heterocycles. The highest BCUT2D eigenvalue weighted by Gasteiger charge is 2.14. The fraction of sp³-hybridized carbons (Fsp3) is 0.0714. The molecule has 0 spiro atoms. The lowest BCUT2D eigenvalue weighted by Crippen LogP contribution is -2.14. The quantitative estimate of drug-likeness (QED) is 0.876. The van der Waals surface area contributed by atoms with Gasteiger partial charge < -0.3 is 5.32 Å². The second-order valence-electron chi connectivity index (χ2n) is 4.06. The molecule has 5 heteroatoms. The van der Waals surface area contributed by atoms with Crippen LogP contribution in [0.1, 0.15) is 15.9 Å². The fourth-order valence-corrected chi connectivity index (χ4v) is 1.95. The lowest BCUT2D eigenvalue weighted by Gasteiger charge is -2.08. The maximum Gasteiger partial charge on any atom is 0.255 e. The van der Waals surface area contributed by atoms with E-state index in [0.717, 1.165) is 17.7 Å². The highest BCUT2D eigenvalue weighted by atomic mass is 79.9. The molecule has 1 amide bonds. The van der Waals surface area contributed by atoms with Crippen molar-refractivity contribution in [1.29, 1.82) is 0 Å². The topological polar surface area (TPSA) is 29.1 Å². The van der Waals surface area contributed by atoms with E-state index in [1.165, 1.54) is 0 Å². The number of halogens is 3. The Kier molecular flexibility index (Phi) is 3.95. The van der Waals surface area contributed by atoms with Crippen molar-refractivity contribution in [2.24, 2.45) is 0 Å². The van der Waals surface area contributed by atoms with Gasteiger partial charge in [0.1, 0.15) is 5.69 Å². The van der Waals surface area contributed by atoms with E-state index >= 15 is 0 Å². The van der Waals surface area contributed by atoms with Crippen molar-refractivity contribution in [3.8, 4) is 0 Å². The number of benzene rings is 2. The van der Waals surface area contributed by atoms with Gasteiger partial charge >= 0.3 is 0 Å². The molecule has 2 rings (SSSR count). The second kappa shape index (κ2) is 5.48. The Bertz CT molecular complexity index is 603. The smallest absolute Gasteiger partial charge is 0.255 e. The molecule has 2 aromatic carbocycles. The largest absolute Gasteiger partial charge is 0.317 e. The van der Waals surface area contributed by atoms with Crippen LogP contribution in [-0.4, -0.2) is 5.91 Å². The minimum Gasteiger partial charge on any atom is -0.317 e. The summed E-state index contributed by atoms with van der Waals surface area (Å²) in [5.41, 5.74) is 0.888. The van der Waals surface area contributed by atoms with Gasteiger partial charge in [0.15, 0.2) is 11.6 Å². The molecular weight excluding hydrogens is 316 g/mol. The summed E-state index contributed by atoms with van der Waals surface area (Å²) < 4.78 is 27.4. The molecule has 0 fully saturated rings. The number of rotatable bonds is 2. The second-order valence-corrected chi connectivity index (χ2v) is 4.98. The number of amides is 1. The molecule has 0 saturated carbocycles. The Morgan fingerprint density at radius 3 is 2.16 bits per heavy atom. The Labute approximate surface area is 117 Å². The van der Waals surface area contributed by atoms with Crippen molar-refractivity contribution < 1.29 is 13.6 Å². The molecule has 2 nitrogen and oxygen atoms in total. The standard InChI is InChI=1S/C14H10BrF2NO/c1-8-2-4-9(5-3-8)14(19)18-13-11(16)6-10(15)7-12(13)17/h2-7H,1H3,(H,18,19). The van der Waals surface area contributed by atoms with Crippen LogP contribution in [0.4, 0.5) is 14.5 Å². The molecule has 0 unspecified atom stereocenters. The Morgan fingerprint density at radius 2 is 1.63 bits per heavy atom. The van der Waals surface area contributed by atoms with Crippen LogP contribution in [-0.2, 0) is 0 Å². The van der Waals surface area contributed by atoms with Crippen molar-refractivity contribution in [2.45, 2.75) is 6.92 Å². The summed E-state index contributed by atoms with van der Waals surface area (Å²) in [4.78, 5) is 11.9. The van der Waals surface area contributed by atoms with Crippen LogP contribution >= 0.6 is 15.9 Å². The summed E-state index contributed by atoms with van der Waals surface area (Å²) in [6.45, 7) is 1.88. The van der Waals surface area contributed by atoms with E-state index in [-0.39, 0.29) is 4.47 Å². The van der Waals surface area contributed by atoms with Gasteiger partial charge in [-0.05, 0) is 31.2 Å². The Hall–Kier alpha value is -1.75. The average Bonchev–Trinajstić information content (AvgIpc) is 2.34. The van der Waals surface area contributed by atoms with Crippen LogP contribution in [0.5, 0.6) is 0 Å². The first-order chi connectivity index (χ1) is 8.97. The zero-order valence-electron chi connectivity index (χ0n) is 10.0. The lowest BCUT2D eigenvalue weighted by atomic mass is 10.1. The monoisotopic (exact) mass is 325 g/mol. The van der Waals surface area contributed by atoms with Crippen LogP contribution < -0.4 is 5.32 Å². The highest BCUT2D eigenvalue weighted by Crippen LogP contribution is 2.24. The van der Waals surface area contributed by atoms with E-state index in [9.17, 15) is 13.6 Å². The molecular formula is C14H10BrF2NO. The molecule has 0 atom stereocenters. The van der Waals surface area contributed by atoms with Gasteiger partial charge in [-0.3, -0.25) is 4.79 Å². The molecule has 19 heavy (non-hydrogen) atoms. The van der Waals surface area contributed by atoms with Gasteiger partial charge in [0.25, 0.3) is 5.91 Å². The van der Waals surface area contributed by atoms with Crippen LogP contribution in [0.15, 0.2) is 40.9 Å². The van der Waals surface area contributed by atoms with Crippen LogP contribution in [0.3, 0.4) is 0 Å². The minimum atomic E-state index is -0.827. The summed E-state index contributed by atoms with van der Waals surface area (Å²) in [5.74, 6) is -2.21. The first-order valence-corrected chi connectivity index (χ1v) is 6.29. The number of aryl methyl sites for hydroxylation is 1. The maximum atomic E-state index is 13.6. The zero-order valence-corrected chi connectivity index (χ0v) is 11.6. The number of carbonyl (C=O) groups is 1. The summed E-state index contributed by atoms with van der Waals surface area (Å²) in [7, 11) is 0. The van der Waals surface area contributed by atoms with E-state index in [1.807, 2.05) is 6.92 Å². The molecule has 0 bridgehead atoms. The lowest BCUT2D eigenvalue weighted by molar-refractivity contribution is 0.102. The van der Waals surface area contributed by atoms with Crippen LogP contribution in [0.25, 0.3) is 0 Å². The number of anilines is 1. The van der Waals surface area contributed by atoms with E-state index in [4.69, 9.17) is 0 Å². The van der Waals surface area contributed by atoms with Gasteiger partial charge in [0.05, 0.1) is 0 Å². The Morgan fingerprint density at radius 1 is 1.11 bits per heavy atom. The van der Waals surface area contributed by atoms with Crippen molar-refractivity contribution in [2.75, 3.05) is 5.32 Å². The molecule has 1 N–H and O–H groups in total. The van der Waals surface area contributed by atoms with Gasteiger partial charge in [-0.2, -0.15) is 0 Å². The number of nitrogens with one attached hydrogen (secondary N) is 1. The fourth-order valence-electron chi connectivity index (χ4n) is 1.55. The van der Waals surface area contributed by atoms with Gasteiger partial charge in [0, 0.05) is 10.0 Å². The van der Waals surface area contributed by atoms with E-state index in [2.05, 4.69) is 21.2 Å². The molecule has 0 aliphatic carbocycles. The SMILES string of the molecule is Cc1ccc(C(=O)Nc2c(F)cc(Br)cc2F)cc1. The van der Waals surface area contributed by atoms with Gasteiger partial charge in [-0.25, -0.2) is 8.78 Å².